The standard InChI is InChI=1S/C16H20N2O9S2.K/c19-7-11-13(20)14(21)15(22)16(26-11)28-12(18-27-29(23,24)25)5-8-6-17-10-4-2-1-3-9(8)10;/h1-4,6,11,13-17,19-22H,5,7H2,(H,23,24,25);/q;+1/p-1/b18-12-;/t11-,13-,14+,15-,16+;/m1./s1/i1D,2D,3D,4D;. The summed E-state index contributed by atoms with van der Waals surface area (Å²) in [5, 5.41) is 42.4. The molecule has 5 atom stereocenters. The molecule has 0 unspecified atom stereocenters. The van der Waals surface area contributed by atoms with Gasteiger partial charge >= 0.3 is 51.4 Å². The van der Waals surface area contributed by atoms with Gasteiger partial charge in [0.05, 0.1) is 12.1 Å². The van der Waals surface area contributed by atoms with Gasteiger partial charge in [-0.05, 0) is 11.6 Å². The summed E-state index contributed by atoms with van der Waals surface area (Å²) in [5.74, 6) is 0. The van der Waals surface area contributed by atoms with Crippen molar-refractivity contribution in [3.8, 4) is 0 Å². The largest absolute Gasteiger partial charge is 1.00 e. The first-order chi connectivity index (χ1) is 15.4. The van der Waals surface area contributed by atoms with E-state index >= 15 is 0 Å². The maximum Gasteiger partial charge on any atom is 1.00 e. The van der Waals surface area contributed by atoms with Crippen LogP contribution < -0.4 is 51.4 Å². The van der Waals surface area contributed by atoms with Gasteiger partial charge in [-0.15, -0.1) is 0 Å². The van der Waals surface area contributed by atoms with Gasteiger partial charge in [-0.3, -0.25) is 4.28 Å². The number of para-hydroxylation sites is 1. The fourth-order valence-electron chi connectivity index (χ4n) is 2.68. The molecular weight excluding hydrogens is 467 g/mol. The van der Waals surface area contributed by atoms with Crippen LogP contribution in [0, 0.1) is 0 Å². The van der Waals surface area contributed by atoms with Crippen LogP contribution in [0.25, 0.3) is 10.9 Å². The zero-order chi connectivity index (χ0) is 24.7. The van der Waals surface area contributed by atoms with E-state index in [1.54, 1.807) is 0 Å². The second-order valence-corrected chi connectivity index (χ2v) is 8.16. The van der Waals surface area contributed by atoms with Crippen molar-refractivity contribution in [2.45, 2.75) is 36.3 Å². The van der Waals surface area contributed by atoms with Crippen molar-refractivity contribution in [2.24, 2.45) is 5.16 Å². The predicted octanol–water partition coefficient (Wildman–Crippen LogP) is -3.96. The molecule has 1 saturated heterocycles. The van der Waals surface area contributed by atoms with Gasteiger partial charge in [0.15, 0.2) is 0 Å². The average Bonchev–Trinajstić information content (AvgIpc) is 3.17. The second kappa shape index (κ2) is 11.2. The van der Waals surface area contributed by atoms with Crippen molar-refractivity contribution in [2.75, 3.05) is 6.61 Å². The Morgan fingerprint density at radius 2 is 2.00 bits per heavy atom. The number of thioether (sulfide) groups is 1. The fraction of sp³-hybridized carbons (Fsp3) is 0.438. The number of aromatic nitrogens is 1. The number of H-pyrrole nitrogens is 1. The van der Waals surface area contributed by atoms with Crippen molar-refractivity contribution < 1.29 is 99.3 Å². The first-order valence-electron chi connectivity index (χ1n) is 10.1. The molecule has 1 fully saturated rings. The smallest absolute Gasteiger partial charge is 0.714 e. The van der Waals surface area contributed by atoms with Gasteiger partial charge < -0.3 is 34.7 Å². The molecule has 1 aliphatic heterocycles. The zero-order valence-electron chi connectivity index (χ0n) is 19.5. The molecule has 5 N–H and O–H groups in total. The molecule has 0 aliphatic carbocycles. The molecule has 3 rings (SSSR count). The number of hydrogen-bond acceptors (Lipinski definition) is 11. The van der Waals surface area contributed by atoms with E-state index in [1.807, 2.05) is 0 Å². The van der Waals surface area contributed by atoms with Crippen LogP contribution >= 0.6 is 11.8 Å². The minimum absolute atomic E-state index is 0. The Bertz CT molecular complexity index is 1180. The van der Waals surface area contributed by atoms with Crippen LogP contribution in [-0.2, 0) is 25.8 Å². The topological polar surface area (TPSA) is 185 Å². The Labute approximate surface area is 224 Å². The molecule has 1 aromatic carbocycles. The van der Waals surface area contributed by atoms with Crippen LogP contribution in [0.1, 0.15) is 11.0 Å². The minimum Gasteiger partial charge on any atom is -0.714 e. The van der Waals surface area contributed by atoms with Crippen molar-refractivity contribution in [1.82, 2.24) is 4.98 Å². The number of nitrogens with one attached hydrogen (secondary N) is 1. The summed E-state index contributed by atoms with van der Waals surface area (Å²) in [5.41, 5.74) is -1.08. The molecule has 0 bridgehead atoms. The van der Waals surface area contributed by atoms with Crippen LogP contribution in [0.2, 0.25) is 0 Å². The molecule has 1 aromatic heterocycles. The van der Waals surface area contributed by atoms with Crippen LogP contribution in [0.5, 0.6) is 0 Å². The third-order valence-electron chi connectivity index (χ3n) is 4.07. The normalized spacial score (nSPS) is 29.5. The number of fused-ring (bicyclic) bond motifs is 1. The second-order valence-electron chi connectivity index (χ2n) is 6.02. The van der Waals surface area contributed by atoms with Gasteiger partial charge in [-0.1, -0.05) is 35.0 Å². The number of aromatic amines is 1. The number of benzene rings is 1. The maximum atomic E-state index is 10.9. The Morgan fingerprint density at radius 1 is 1.30 bits per heavy atom. The number of hydrogen-bond donors (Lipinski definition) is 5. The van der Waals surface area contributed by atoms with E-state index in [-0.39, 0.29) is 91.4 Å². The van der Waals surface area contributed by atoms with Gasteiger partial charge in [0.2, 0.25) is 0 Å². The summed E-state index contributed by atoms with van der Waals surface area (Å²) in [6, 6.07) is -1.69. The molecule has 14 heteroatoms. The average molecular weight is 491 g/mol. The quantitative estimate of drug-likeness (QED) is 0.0668. The van der Waals surface area contributed by atoms with E-state index < -0.39 is 58.9 Å². The number of oxime groups is 1. The van der Waals surface area contributed by atoms with E-state index in [0.717, 1.165) is 0 Å². The number of aliphatic hydroxyl groups excluding tert-OH is 4. The van der Waals surface area contributed by atoms with E-state index in [4.69, 9.17) is 10.2 Å². The minimum atomic E-state index is -5.27. The molecule has 0 radical (unpaired) electrons. The van der Waals surface area contributed by atoms with Crippen molar-refractivity contribution in [1.29, 1.82) is 0 Å². The summed E-state index contributed by atoms with van der Waals surface area (Å²) < 4.78 is 73.7. The zero-order valence-corrected chi connectivity index (χ0v) is 20.2. The van der Waals surface area contributed by atoms with Gasteiger partial charge in [-0.25, -0.2) is 0 Å². The van der Waals surface area contributed by atoms with E-state index in [2.05, 4.69) is 14.4 Å². The summed E-state index contributed by atoms with van der Waals surface area (Å²) >= 11 is 0.525. The van der Waals surface area contributed by atoms with Crippen molar-refractivity contribution in [3.05, 3.63) is 35.9 Å². The van der Waals surface area contributed by atoms with Gasteiger partial charge in [0.1, 0.15) is 34.9 Å². The molecule has 30 heavy (non-hydrogen) atoms. The van der Waals surface area contributed by atoms with E-state index in [0.29, 0.717) is 11.8 Å². The molecular formula is C16H19KN2O9S2. The fourth-order valence-corrected chi connectivity index (χ4v) is 3.99. The van der Waals surface area contributed by atoms with Crippen molar-refractivity contribution >= 4 is 38.1 Å². The maximum absolute atomic E-state index is 10.9. The third-order valence-corrected chi connectivity index (χ3v) is 5.44. The van der Waals surface area contributed by atoms with Crippen molar-refractivity contribution in [3.63, 3.8) is 0 Å². The third kappa shape index (κ3) is 6.47. The van der Waals surface area contributed by atoms with Crippen LogP contribution in [0.15, 0.2) is 35.5 Å². The summed E-state index contributed by atoms with van der Waals surface area (Å²) in [6.07, 6.45) is -5.33. The molecule has 2 aromatic rings. The molecule has 2 heterocycles. The van der Waals surface area contributed by atoms with Gasteiger partial charge in [0.25, 0.3) is 10.4 Å². The number of rotatable bonds is 6. The van der Waals surface area contributed by atoms with Crippen LogP contribution in [-0.4, -0.2) is 79.9 Å². The first-order valence-corrected chi connectivity index (χ1v) is 10.3. The van der Waals surface area contributed by atoms with Gasteiger partial charge in [0, 0.05) is 23.5 Å². The molecule has 0 spiro atoms. The molecule has 0 saturated carbocycles. The summed E-state index contributed by atoms with van der Waals surface area (Å²) in [4.78, 5) is 2.70. The monoisotopic (exact) mass is 490 g/mol. The Hall–Kier alpha value is -0.0736. The van der Waals surface area contributed by atoms with Gasteiger partial charge in [-0.2, -0.15) is 8.42 Å². The van der Waals surface area contributed by atoms with E-state index in [1.165, 1.54) is 6.20 Å². The molecule has 160 valence electrons. The summed E-state index contributed by atoms with van der Waals surface area (Å²) in [6.45, 7) is -0.710. The Balaban J connectivity index is 0.00000408. The Morgan fingerprint density at radius 3 is 2.67 bits per heavy atom. The Kier molecular flexibility index (Phi) is 7.65. The molecule has 1 aliphatic rings. The van der Waals surface area contributed by atoms with Crippen LogP contribution in [0.3, 0.4) is 0 Å². The number of aliphatic hydroxyl groups is 4. The molecule has 11 nitrogen and oxygen atoms in total. The SMILES string of the molecule is [2H]c1c([2H])c([2H])c2c(C/C(=N/OS(=O)(=O)[O-])S[C@@H]3O[C@H](CO)[C@@H](O)[C@H](O)[C@H]3O)c[nH]c2c1[2H].[K+]. The number of nitrogens with zero attached hydrogens (tertiary/aromatic N) is 1. The number of ether oxygens (including phenoxy) is 1. The molecule has 0 amide bonds. The summed E-state index contributed by atoms with van der Waals surface area (Å²) in [7, 11) is -5.27. The first kappa shape index (κ1) is 20.5. The van der Waals surface area contributed by atoms with Crippen LogP contribution in [0.4, 0.5) is 0 Å². The predicted molar refractivity (Wildman–Crippen MR) is 102 cm³/mol. The van der Waals surface area contributed by atoms with E-state index in [9.17, 15) is 33.4 Å².